The normalized spacial score (nSPS) is 11.2. The number of benzene rings is 3. The van der Waals surface area contributed by atoms with E-state index in [2.05, 4.69) is 27.6 Å². The van der Waals surface area contributed by atoms with Crippen LogP contribution in [0.1, 0.15) is 11.4 Å². The Kier molecular flexibility index (Phi) is 6.85. The highest BCUT2D eigenvalue weighted by Gasteiger charge is 2.21. The number of halogens is 2. The predicted octanol–water partition coefficient (Wildman–Crippen LogP) is 5.74. The summed E-state index contributed by atoms with van der Waals surface area (Å²) in [6, 6.07) is 14.8. The molecule has 0 N–H and O–H groups in total. The molecule has 0 radical (unpaired) electrons. The second kappa shape index (κ2) is 9.82. The van der Waals surface area contributed by atoms with Gasteiger partial charge >= 0.3 is 0 Å². The SMILES string of the molecule is COc1ccc(/C=C/c2nc3ccc(I)cc3c(=O)n2-c2ccc(Cl)cc2[N+](=O)[O-])cc1OC. The average Bonchev–Trinajstić information content (AvgIpc) is 2.83. The maximum Gasteiger partial charge on any atom is 0.294 e. The van der Waals surface area contributed by atoms with Gasteiger partial charge in [0.25, 0.3) is 11.2 Å². The van der Waals surface area contributed by atoms with Crippen molar-refractivity contribution in [1.29, 1.82) is 0 Å². The smallest absolute Gasteiger partial charge is 0.294 e. The quantitative estimate of drug-likeness (QED) is 0.162. The Bertz CT molecular complexity index is 1520. The van der Waals surface area contributed by atoms with Crippen molar-refractivity contribution in [1.82, 2.24) is 9.55 Å². The van der Waals surface area contributed by atoms with Crippen molar-refractivity contribution in [2.45, 2.75) is 0 Å². The Labute approximate surface area is 212 Å². The molecule has 34 heavy (non-hydrogen) atoms. The summed E-state index contributed by atoms with van der Waals surface area (Å²) in [4.78, 5) is 29.4. The number of nitro benzene ring substituents is 1. The van der Waals surface area contributed by atoms with Gasteiger partial charge in [-0.3, -0.25) is 19.5 Å². The molecule has 0 atom stereocenters. The van der Waals surface area contributed by atoms with E-state index >= 15 is 0 Å². The molecule has 4 rings (SSSR count). The zero-order valence-electron chi connectivity index (χ0n) is 18.0. The van der Waals surface area contributed by atoms with Crippen LogP contribution in [0.3, 0.4) is 0 Å². The molecule has 8 nitrogen and oxygen atoms in total. The first-order valence-corrected chi connectivity index (χ1v) is 11.3. The van der Waals surface area contributed by atoms with Gasteiger partial charge in [-0.05, 0) is 76.7 Å². The molecule has 0 aliphatic carbocycles. The molecule has 1 aromatic heterocycles. The molecule has 3 aromatic carbocycles. The van der Waals surface area contributed by atoms with Gasteiger partial charge in [0.05, 0.1) is 30.0 Å². The van der Waals surface area contributed by atoms with E-state index in [0.29, 0.717) is 22.4 Å². The lowest BCUT2D eigenvalue weighted by atomic mass is 10.1. The third-order valence-corrected chi connectivity index (χ3v) is 5.97. The van der Waals surface area contributed by atoms with Crippen LogP contribution in [0, 0.1) is 13.7 Å². The van der Waals surface area contributed by atoms with Crippen molar-refractivity contribution in [3.63, 3.8) is 0 Å². The third-order valence-electron chi connectivity index (χ3n) is 5.06. The molecule has 0 bridgehead atoms. The lowest BCUT2D eigenvalue weighted by molar-refractivity contribution is -0.384. The molecule has 0 fully saturated rings. The summed E-state index contributed by atoms with van der Waals surface area (Å²) < 4.78 is 12.7. The van der Waals surface area contributed by atoms with Gasteiger partial charge in [-0.15, -0.1) is 0 Å². The van der Waals surface area contributed by atoms with Gasteiger partial charge in [0.2, 0.25) is 0 Å². The minimum absolute atomic E-state index is 0.0691. The lowest BCUT2D eigenvalue weighted by Crippen LogP contribution is -2.23. The van der Waals surface area contributed by atoms with Crippen molar-refractivity contribution in [2.75, 3.05) is 14.2 Å². The second-order valence-electron chi connectivity index (χ2n) is 7.11. The molecule has 0 spiro atoms. The molecular formula is C24H17ClIN3O5. The molecule has 0 aliphatic heterocycles. The maximum atomic E-state index is 13.6. The van der Waals surface area contributed by atoms with Gasteiger partial charge < -0.3 is 9.47 Å². The van der Waals surface area contributed by atoms with Gasteiger partial charge in [0, 0.05) is 14.7 Å². The summed E-state index contributed by atoms with van der Waals surface area (Å²) in [5, 5.41) is 12.3. The fraction of sp³-hybridized carbons (Fsp3) is 0.0833. The number of ether oxygens (including phenoxy) is 2. The van der Waals surface area contributed by atoms with Crippen molar-refractivity contribution in [3.8, 4) is 17.2 Å². The van der Waals surface area contributed by atoms with Crippen LogP contribution >= 0.6 is 34.2 Å². The summed E-state index contributed by atoms with van der Waals surface area (Å²) in [7, 11) is 3.08. The molecule has 0 saturated heterocycles. The number of aromatic nitrogens is 2. The number of nitrogens with zero attached hydrogens (tertiary/aromatic N) is 3. The summed E-state index contributed by atoms with van der Waals surface area (Å²) in [6.07, 6.45) is 3.36. The average molecular weight is 590 g/mol. The molecule has 0 saturated carbocycles. The Morgan fingerprint density at radius 2 is 1.79 bits per heavy atom. The van der Waals surface area contributed by atoms with Crippen LogP contribution in [0.5, 0.6) is 11.5 Å². The molecule has 172 valence electrons. The van der Waals surface area contributed by atoms with E-state index in [9.17, 15) is 14.9 Å². The van der Waals surface area contributed by atoms with Crippen molar-refractivity contribution >= 4 is 62.9 Å². The topological polar surface area (TPSA) is 96.5 Å². The summed E-state index contributed by atoms with van der Waals surface area (Å²) >= 11 is 8.09. The number of hydrogen-bond acceptors (Lipinski definition) is 6. The molecule has 4 aromatic rings. The Balaban J connectivity index is 1.97. The molecule has 0 unspecified atom stereocenters. The van der Waals surface area contributed by atoms with Crippen LogP contribution in [0.4, 0.5) is 5.69 Å². The predicted molar refractivity (Wildman–Crippen MR) is 140 cm³/mol. The molecule has 0 amide bonds. The van der Waals surface area contributed by atoms with Crippen LogP contribution in [-0.2, 0) is 0 Å². The highest BCUT2D eigenvalue weighted by atomic mass is 127. The summed E-state index contributed by atoms with van der Waals surface area (Å²) in [6.45, 7) is 0. The molecule has 10 heteroatoms. The number of methoxy groups -OCH3 is 2. The number of nitro groups is 1. The van der Waals surface area contributed by atoms with E-state index in [1.807, 2.05) is 12.1 Å². The highest BCUT2D eigenvalue weighted by Crippen LogP contribution is 2.30. The van der Waals surface area contributed by atoms with Gasteiger partial charge in [0.15, 0.2) is 11.5 Å². The number of rotatable bonds is 6. The van der Waals surface area contributed by atoms with Crippen LogP contribution < -0.4 is 15.0 Å². The largest absolute Gasteiger partial charge is 0.493 e. The van der Waals surface area contributed by atoms with Crippen LogP contribution in [-0.4, -0.2) is 28.7 Å². The number of fused-ring (bicyclic) bond motifs is 1. The van der Waals surface area contributed by atoms with E-state index < -0.39 is 10.5 Å². The first-order chi connectivity index (χ1) is 16.3. The van der Waals surface area contributed by atoms with Gasteiger partial charge in [-0.1, -0.05) is 23.7 Å². The lowest BCUT2D eigenvalue weighted by Gasteiger charge is -2.12. The van der Waals surface area contributed by atoms with E-state index in [1.165, 1.54) is 29.9 Å². The van der Waals surface area contributed by atoms with E-state index in [-0.39, 0.29) is 22.2 Å². The fourth-order valence-electron chi connectivity index (χ4n) is 3.48. The van der Waals surface area contributed by atoms with Crippen molar-refractivity contribution in [3.05, 3.63) is 95.0 Å². The Hall–Kier alpha value is -3.44. The van der Waals surface area contributed by atoms with Gasteiger partial charge in [0.1, 0.15) is 11.5 Å². The first kappa shape index (κ1) is 23.7. The van der Waals surface area contributed by atoms with E-state index in [0.717, 1.165) is 9.13 Å². The highest BCUT2D eigenvalue weighted by molar-refractivity contribution is 14.1. The van der Waals surface area contributed by atoms with Crippen LogP contribution in [0.15, 0.2) is 59.4 Å². The molecule has 0 aliphatic rings. The minimum Gasteiger partial charge on any atom is -0.493 e. The molecular weight excluding hydrogens is 573 g/mol. The third kappa shape index (κ3) is 4.62. The van der Waals surface area contributed by atoms with Crippen molar-refractivity contribution in [2.24, 2.45) is 0 Å². The Morgan fingerprint density at radius 3 is 2.50 bits per heavy atom. The Morgan fingerprint density at radius 1 is 1.03 bits per heavy atom. The monoisotopic (exact) mass is 589 g/mol. The van der Waals surface area contributed by atoms with E-state index in [4.69, 9.17) is 21.1 Å². The summed E-state index contributed by atoms with van der Waals surface area (Å²) in [5.41, 5.74) is 0.569. The van der Waals surface area contributed by atoms with Crippen LogP contribution in [0.25, 0.3) is 28.7 Å². The maximum absolute atomic E-state index is 13.6. The minimum atomic E-state index is -0.575. The first-order valence-electron chi connectivity index (χ1n) is 9.89. The summed E-state index contributed by atoms with van der Waals surface area (Å²) in [5.74, 6) is 1.34. The van der Waals surface area contributed by atoms with Gasteiger partial charge in [-0.25, -0.2) is 4.98 Å². The standard InChI is InChI=1S/C24H17ClIN3O5/c1-33-21-9-3-14(11-22(21)34-2)4-10-23-27-18-7-6-16(26)13-17(18)24(30)28(23)19-8-5-15(25)12-20(19)29(31)32/h3-13H,1-2H3/b10-4+. The number of hydrogen-bond donors (Lipinski definition) is 0. The van der Waals surface area contributed by atoms with Crippen LogP contribution in [0.2, 0.25) is 5.02 Å². The molecule has 1 heterocycles. The fourth-order valence-corrected chi connectivity index (χ4v) is 4.14. The van der Waals surface area contributed by atoms with E-state index in [1.54, 1.807) is 43.5 Å². The second-order valence-corrected chi connectivity index (χ2v) is 8.79. The van der Waals surface area contributed by atoms with Gasteiger partial charge in [-0.2, -0.15) is 0 Å². The zero-order valence-corrected chi connectivity index (χ0v) is 20.9. The van der Waals surface area contributed by atoms with Crippen molar-refractivity contribution < 1.29 is 14.4 Å². The zero-order chi connectivity index (χ0) is 24.4.